The van der Waals surface area contributed by atoms with Gasteiger partial charge in [-0.3, -0.25) is 0 Å². The maximum atomic E-state index is 6.18. The van der Waals surface area contributed by atoms with Crippen LogP contribution in [0.25, 0.3) is 0 Å². The molecule has 1 aliphatic heterocycles. The van der Waals surface area contributed by atoms with Crippen LogP contribution in [0.5, 0.6) is 11.5 Å². The Hall–Kier alpha value is -1.80. The van der Waals surface area contributed by atoms with Crippen molar-refractivity contribution in [2.45, 2.75) is 40.7 Å². The maximum Gasteiger partial charge on any atom is 0.131 e. The summed E-state index contributed by atoms with van der Waals surface area (Å²) in [6.07, 6.45) is 0.922. The van der Waals surface area contributed by atoms with Crippen LogP contribution in [0.2, 0.25) is 0 Å². The van der Waals surface area contributed by atoms with Gasteiger partial charge in [-0.2, -0.15) is 0 Å². The summed E-state index contributed by atoms with van der Waals surface area (Å²) < 4.78 is 11.6. The zero-order chi connectivity index (χ0) is 15.1. The molecule has 0 unspecified atom stereocenters. The SMILES string of the molecule is COCc1c(C)c(C)cc2c1Cc1cc(C)c(C)cc1O2. The fourth-order valence-corrected chi connectivity index (χ4v) is 3.02. The monoisotopic (exact) mass is 282 g/mol. The molecule has 0 atom stereocenters. The summed E-state index contributed by atoms with van der Waals surface area (Å²) in [5, 5.41) is 0. The van der Waals surface area contributed by atoms with Gasteiger partial charge in [-0.05, 0) is 73.2 Å². The highest BCUT2D eigenvalue weighted by Gasteiger charge is 2.22. The zero-order valence-electron chi connectivity index (χ0n) is 13.5. The largest absolute Gasteiger partial charge is 0.457 e. The number of aryl methyl sites for hydroxylation is 3. The number of hydrogen-bond acceptors (Lipinski definition) is 2. The summed E-state index contributed by atoms with van der Waals surface area (Å²) in [5.41, 5.74) is 8.98. The second-order valence-electron chi connectivity index (χ2n) is 6.03. The highest BCUT2D eigenvalue weighted by Crippen LogP contribution is 2.41. The second kappa shape index (κ2) is 5.19. The molecule has 0 saturated heterocycles. The van der Waals surface area contributed by atoms with Gasteiger partial charge >= 0.3 is 0 Å². The van der Waals surface area contributed by atoms with Crippen LogP contribution in [0.4, 0.5) is 0 Å². The van der Waals surface area contributed by atoms with Crippen LogP contribution in [0.1, 0.15) is 38.9 Å². The van der Waals surface area contributed by atoms with Crippen LogP contribution in [0.15, 0.2) is 18.2 Å². The third-order valence-corrected chi connectivity index (χ3v) is 4.61. The average Bonchev–Trinajstić information content (AvgIpc) is 2.44. The van der Waals surface area contributed by atoms with E-state index in [9.17, 15) is 0 Å². The first-order valence-electron chi connectivity index (χ1n) is 7.40. The molecule has 0 aliphatic carbocycles. The van der Waals surface area contributed by atoms with Crippen molar-refractivity contribution in [3.63, 3.8) is 0 Å². The molecule has 0 aromatic heterocycles. The first-order valence-corrected chi connectivity index (χ1v) is 7.40. The van der Waals surface area contributed by atoms with E-state index in [1.807, 2.05) is 0 Å². The molecule has 2 aromatic rings. The summed E-state index contributed by atoms with van der Waals surface area (Å²) in [6.45, 7) is 9.22. The lowest BCUT2D eigenvalue weighted by molar-refractivity contribution is 0.183. The lowest BCUT2D eigenvalue weighted by atomic mass is 9.90. The zero-order valence-corrected chi connectivity index (χ0v) is 13.5. The lowest BCUT2D eigenvalue weighted by Gasteiger charge is -2.25. The molecule has 2 aromatic carbocycles. The second-order valence-corrected chi connectivity index (χ2v) is 6.03. The number of hydrogen-bond donors (Lipinski definition) is 0. The highest BCUT2D eigenvalue weighted by atomic mass is 16.5. The Balaban J connectivity index is 2.14. The van der Waals surface area contributed by atoms with E-state index in [0.29, 0.717) is 6.61 Å². The first-order chi connectivity index (χ1) is 10.0. The van der Waals surface area contributed by atoms with Gasteiger partial charge in [0.2, 0.25) is 0 Å². The third-order valence-electron chi connectivity index (χ3n) is 4.61. The fourth-order valence-electron chi connectivity index (χ4n) is 3.02. The Labute approximate surface area is 126 Å². The predicted molar refractivity (Wildman–Crippen MR) is 85.4 cm³/mol. The van der Waals surface area contributed by atoms with E-state index in [4.69, 9.17) is 9.47 Å². The van der Waals surface area contributed by atoms with E-state index in [-0.39, 0.29) is 0 Å². The first kappa shape index (κ1) is 14.2. The summed E-state index contributed by atoms with van der Waals surface area (Å²) >= 11 is 0. The van der Waals surface area contributed by atoms with Crippen molar-refractivity contribution in [3.8, 4) is 11.5 Å². The molecule has 1 heterocycles. The molecule has 0 spiro atoms. The summed E-state index contributed by atoms with van der Waals surface area (Å²) in [6, 6.07) is 6.56. The van der Waals surface area contributed by atoms with Crippen LogP contribution in [0, 0.1) is 27.7 Å². The molecule has 0 radical (unpaired) electrons. The Morgan fingerprint density at radius 2 is 1.62 bits per heavy atom. The van der Waals surface area contributed by atoms with Crippen molar-refractivity contribution < 1.29 is 9.47 Å². The van der Waals surface area contributed by atoms with E-state index in [2.05, 4.69) is 45.9 Å². The molecule has 0 amide bonds. The van der Waals surface area contributed by atoms with Gasteiger partial charge in [0.05, 0.1) is 6.61 Å². The molecule has 0 saturated carbocycles. The van der Waals surface area contributed by atoms with Gasteiger partial charge in [0, 0.05) is 19.1 Å². The van der Waals surface area contributed by atoms with Crippen LogP contribution in [-0.4, -0.2) is 7.11 Å². The molecule has 2 nitrogen and oxygen atoms in total. The number of benzene rings is 2. The number of fused-ring (bicyclic) bond motifs is 2. The summed E-state index contributed by atoms with van der Waals surface area (Å²) in [7, 11) is 1.75. The van der Waals surface area contributed by atoms with Gasteiger partial charge in [0.25, 0.3) is 0 Å². The molecule has 0 N–H and O–H groups in total. The molecule has 0 bridgehead atoms. The van der Waals surface area contributed by atoms with E-state index in [0.717, 1.165) is 17.9 Å². The minimum Gasteiger partial charge on any atom is -0.457 e. The minimum atomic E-state index is 0.638. The van der Waals surface area contributed by atoms with Crippen LogP contribution < -0.4 is 4.74 Å². The highest BCUT2D eigenvalue weighted by molar-refractivity contribution is 5.57. The third kappa shape index (κ3) is 2.34. The van der Waals surface area contributed by atoms with Gasteiger partial charge in [-0.25, -0.2) is 0 Å². The number of methoxy groups -OCH3 is 1. The van der Waals surface area contributed by atoms with E-state index in [1.165, 1.54) is 38.9 Å². The smallest absolute Gasteiger partial charge is 0.131 e. The van der Waals surface area contributed by atoms with Gasteiger partial charge in [0.15, 0.2) is 0 Å². The number of rotatable bonds is 2. The van der Waals surface area contributed by atoms with E-state index < -0.39 is 0 Å². The standard InChI is InChI=1S/C19H22O2/c1-11-6-15-9-16-17(10-20-5)14(4)13(3)8-19(16)21-18(15)7-12(11)2/h6-8H,9-10H2,1-5H3. The van der Waals surface area contributed by atoms with E-state index in [1.54, 1.807) is 7.11 Å². The van der Waals surface area contributed by atoms with Gasteiger partial charge in [-0.1, -0.05) is 6.07 Å². The lowest BCUT2D eigenvalue weighted by Crippen LogP contribution is -2.10. The molecule has 2 heteroatoms. The fraction of sp³-hybridized carbons (Fsp3) is 0.368. The van der Waals surface area contributed by atoms with Crippen LogP contribution in [-0.2, 0) is 17.8 Å². The number of ether oxygens (including phenoxy) is 2. The Kier molecular flexibility index (Phi) is 3.50. The molecular formula is C19H22O2. The van der Waals surface area contributed by atoms with Gasteiger partial charge < -0.3 is 9.47 Å². The van der Waals surface area contributed by atoms with Crippen molar-refractivity contribution in [2.75, 3.05) is 7.11 Å². The molecule has 21 heavy (non-hydrogen) atoms. The molecular weight excluding hydrogens is 260 g/mol. The van der Waals surface area contributed by atoms with Crippen molar-refractivity contribution in [2.24, 2.45) is 0 Å². The summed E-state index contributed by atoms with van der Waals surface area (Å²) in [5.74, 6) is 1.98. The van der Waals surface area contributed by atoms with Crippen molar-refractivity contribution in [1.29, 1.82) is 0 Å². The average molecular weight is 282 g/mol. The van der Waals surface area contributed by atoms with Gasteiger partial charge in [0.1, 0.15) is 11.5 Å². The van der Waals surface area contributed by atoms with Crippen molar-refractivity contribution in [1.82, 2.24) is 0 Å². The molecule has 110 valence electrons. The summed E-state index contributed by atoms with van der Waals surface area (Å²) in [4.78, 5) is 0. The van der Waals surface area contributed by atoms with E-state index >= 15 is 0 Å². The van der Waals surface area contributed by atoms with Crippen molar-refractivity contribution >= 4 is 0 Å². The Morgan fingerprint density at radius 1 is 0.952 bits per heavy atom. The molecule has 1 aliphatic rings. The predicted octanol–water partition coefficient (Wildman–Crippen LogP) is 4.76. The quantitative estimate of drug-likeness (QED) is 0.674. The Bertz CT molecular complexity index is 714. The Morgan fingerprint density at radius 3 is 2.33 bits per heavy atom. The topological polar surface area (TPSA) is 18.5 Å². The van der Waals surface area contributed by atoms with Crippen LogP contribution in [0.3, 0.4) is 0 Å². The van der Waals surface area contributed by atoms with Gasteiger partial charge in [-0.15, -0.1) is 0 Å². The normalized spacial score (nSPS) is 12.6. The minimum absolute atomic E-state index is 0.638. The van der Waals surface area contributed by atoms with Crippen LogP contribution >= 0.6 is 0 Å². The maximum absolute atomic E-state index is 6.18. The van der Waals surface area contributed by atoms with Crippen molar-refractivity contribution in [3.05, 3.63) is 57.1 Å². The molecule has 0 fully saturated rings. The molecule has 3 rings (SSSR count).